The van der Waals surface area contributed by atoms with Gasteiger partial charge in [-0.1, -0.05) is 0 Å². The van der Waals surface area contributed by atoms with E-state index in [9.17, 15) is 18.0 Å². The molecule has 3 atom stereocenters. The van der Waals surface area contributed by atoms with Crippen molar-refractivity contribution in [3.63, 3.8) is 0 Å². The van der Waals surface area contributed by atoms with Crippen LogP contribution < -0.4 is 5.73 Å². The summed E-state index contributed by atoms with van der Waals surface area (Å²) >= 11 is 0. The van der Waals surface area contributed by atoms with Crippen molar-refractivity contribution in [1.29, 1.82) is 0 Å². The van der Waals surface area contributed by atoms with Gasteiger partial charge in [0, 0.05) is 36.4 Å². The van der Waals surface area contributed by atoms with Gasteiger partial charge >= 0.3 is 6.18 Å². The molecule has 0 spiro atoms. The second kappa shape index (κ2) is 9.88. The largest absolute Gasteiger partial charge is 0.417 e. The van der Waals surface area contributed by atoms with Crippen molar-refractivity contribution >= 4 is 22.6 Å². The van der Waals surface area contributed by atoms with Crippen LogP contribution in [0, 0.1) is 0 Å². The minimum atomic E-state index is -4.49. The molecule has 0 bridgehead atoms. The molecule has 2 aromatic heterocycles. The Kier molecular flexibility index (Phi) is 6.78. The number of carbonyl (C=O) groups excluding carboxylic acids is 1. The van der Waals surface area contributed by atoms with E-state index in [4.69, 9.17) is 19.9 Å². The Labute approximate surface area is 211 Å². The Bertz CT molecular complexity index is 1320. The van der Waals surface area contributed by atoms with Gasteiger partial charge in [-0.3, -0.25) is 9.78 Å². The predicted octanol–water partition coefficient (Wildman–Crippen LogP) is 4.27. The molecule has 1 amide bonds. The van der Waals surface area contributed by atoms with E-state index in [0.717, 1.165) is 28.8 Å². The van der Waals surface area contributed by atoms with Gasteiger partial charge in [0.05, 0.1) is 48.7 Å². The number of amides is 1. The zero-order valence-corrected chi connectivity index (χ0v) is 20.4. The van der Waals surface area contributed by atoms with Crippen molar-refractivity contribution in [2.75, 3.05) is 26.1 Å². The first-order valence-corrected chi connectivity index (χ1v) is 11.9. The van der Waals surface area contributed by atoms with Crippen LogP contribution >= 0.6 is 0 Å². The molecular weight excluding hydrogens is 489 g/mol. The van der Waals surface area contributed by atoms with Gasteiger partial charge in [0.1, 0.15) is 11.9 Å². The molecule has 1 saturated heterocycles. The number of pyridine rings is 2. The lowest BCUT2D eigenvalue weighted by Crippen LogP contribution is -2.52. The van der Waals surface area contributed by atoms with Crippen LogP contribution in [0.3, 0.4) is 0 Å². The molecule has 8 nitrogen and oxygen atoms in total. The molecule has 2 N–H and O–H groups in total. The first-order chi connectivity index (χ1) is 17.7. The first-order valence-electron chi connectivity index (χ1n) is 11.9. The summed E-state index contributed by atoms with van der Waals surface area (Å²) in [5.41, 5.74) is 8.44. The Balaban J connectivity index is 1.52. The van der Waals surface area contributed by atoms with Gasteiger partial charge in [-0.15, -0.1) is 0 Å². The highest BCUT2D eigenvalue weighted by Crippen LogP contribution is 2.38. The van der Waals surface area contributed by atoms with Crippen molar-refractivity contribution in [2.24, 2.45) is 0 Å². The number of aromatic nitrogens is 2. The van der Waals surface area contributed by atoms with Crippen LogP contribution in [-0.2, 0) is 33.5 Å². The van der Waals surface area contributed by atoms with Crippen molar-refractivity contribution in [2.45, 2.75) is 50.9 Å². The summed E-state index contributed by atoms with van der Waals surface area (Å²) in [7, 11) is 1.54. The molecule has 5 rings (SSSR count). The number of carbonyl (C=O) groups is 1. The van der Waals surface area contributed by atoms with E-state index in [0.29, 0.717) is 48.8 Å². The number of halogens is 3. The number of hydrogen-bond acceptors (Lipinski definition) is 7. The number of hydrogen-bond donors (Lipinski definition) is 1. The average molecular weight is 517 g/mol. The van der Waals surface area contributed by atoms with Crippen LogP contribution in [0.2, 0.25) is 0 Å². The fourth-order valence-electron chi connectivity index (χ4n) is 5.05. The van der Waals surface area contributed by atoms with E-state index < -0.39 is 17.8 Å². The zero-order valence-electron chi connectivity index (χ0n) is 20.4. The molecule has 1 aromatic carbocycles. The third-order valence-electron chi connectivity index (χ3n) is 7.01. The molecule has 0 unspecified atom stereocenters. The van der Waals surface area contributed by atoms with Gasteiger partial charge in [0.25, 0.3) is 5.91 Å². The number of anilines is 1. The molecule has 4 heterocycles. The summed E-state index contributed by atoms with van der Waals surface area (Å²) in [5.74, 6) is 0.113. The number of ether oxygens (including phenoxy) is 3. The number of nitrogens with zero attached hydrogens (tertiary/aromatic N) is 3. The van der Waals surface area contributed by atoms with Crippen LogP contribution in [0.4, 0.5) is 19.0 Å². The summed E-state index contributed by atoms with van der Waals surface area (Å²) in [6.07, 6.45) is -3.79. The fraction of sp³-hybridized carbons (Fsp3) is 0.423. The summed E-state index contributed by atoms with van der Waals surface area (Å²) in [5, 5.41) is 0.780. The zero-order chi connectivity index (χ0) is 26.3. The van der Waals surface area contributed by atoms with Crippen LogP contribution in [0.5, 0.6) is 0 Å². The third-order valence-corrected chi connectivity index (χ3v) is 7.01. The number of alkyl halides is 3. The fourth-order valence-corrected chi connectivity index (χ4v) is 5.05. The lowest BCUT2D eigenvalue weighted by molar-refractivity contribution is -0.137. The van der Waals surface area contributed by atoms with E-state index >= 15 is 0 Å². The SMILES string of the molecule is CO[C@H]1COCC[C@@H]1N(Cc1ccc(C(F)(F)F)cn1)C(=O)c1ccc2nc(N)c3c(c2c1)CO[C@H]3C. The van der Waals surface area contributed by atoms with Gasteiger partial charge in [0.2, 0.25) is 0 Å². The molecule has 37 heavy (non-hydrogen) atoms. The van der Waals surface area contributed by atoms with Crippen LogP contribution in [0.15, 0.2) is 36.5 Å². The molecule has 2 aliphatic heterocycles. The number of nitrogens with two attached hydrogens (primary N) is 1. The van der Waals surface area contributed by atoms with Gasteiger partial charge in [-0.2, -0.15) is 13.2 Å². The van der Waals surface area contributed by atoms with Crippen LogP contribution in [-0.4, -0.2) is 53.2 Å². The van der Waals surface area contributed by atoms with E-state index in [-0.39, 0.29) is 24.6 Å². The molecule has 0 aliphatic carbocycles. The highest BCUT2D eigenvalue weighted by atomic mass is 19.4. The van der Waals surface area contributed by atoms with Crippen LogP contribution in [0.25, 0.3) is 10.9 Å². The molecule has 0 saturated carbocycles. The van der Waals surface area contributed by atoms with E-state index in [1.54, 1.807) is 30.2 Å². The quantitative estimate of drug-likeness (QED) is 0.541. The van der Waals surface area contributed by atoms with Crippen LogP contribution in [0.1, 0.15) is 52.2 Å². The van der Waals surface area contributed by atoms with Gasteiger partial charge in [0.15, 0.2) is 0 Å². The standard InChI is InChI=1S/C26H27F3N4O4/c1-14-23-19(12-37-14)18-9-15(3-6-20(18)32-24(23)30)25(34)33(21-7-8-36-13-22(21)35-2)11-17-5-4-16(10-31-17)26(27,28)29/h3-6,9-10,14,21-22H,7-8,11-13H2,1-2H3,(H2,30,32)/t14-,21-,22-/m0/s1. The molecule has 2 aliphatic rings. The van der Waals surface area contributed by atoms with E-state index in [2.05, 4.69) is 9.97 Å². The van der Waals surface area contributed by atoms with Gasteiger partial charge in [-0.05, 0) is 49.2 Å². The molecule has 11 heteroatoms. The monoisotopic (exact) mass is 516 g/mol. The van der Waals surface area contributed by atoms with Crippen molar-refractivity contribution in [1.82, 2.24) is 14.9 Å². The number of benzene rings is 1. The topological polar surface area (TPSA) is 99.8 Å². The maximum absolute atomic E-state index is 14.0. The minimum absolute atomic E-state index is 0.0117. The second-order valence-electron chi connectivity index (χ2n) is 9.25. The molecule has 3 aromatic rings. The number of methoxy groups -OCH3 is 1. The molecule has 196 valence electrons. The smallest absolute Gasteiger partial charge is 0.383 e. The van der Waals surface area contributed by atoms with Crippen molar-refractivity contribution in [3.8, 4) is 0 Å². The molecule has 0 radical (unpaired) electrons. The first kappa shape index (κ1) is 25.4. The van der Waals surface area contributed by atoms with E-state index in [1.807, 2.05) is 6.92 Å². The Hall–Kier alpha value is -3.28. The summed E-state index contributed by atoms with van der Waals surface area (Å²) < 4.78 is 56.0. The lowest BCUT2D eigenvalue weighted by Gasteiger charge is -2.39. The summed E-state index contributed by atoms with van der Waals surface area (Å²) in [6.45, 7) is 3.01. The predicted molar refractivity (Wildman–Crippen MR) is 128 cm³/mol. The number of nitrogen functional groups attached to an aromatic ring is 1. The van der Waals surface area contributed by atoms with Gasteiger partial charge < -0.3 is 24.8 Å². The van der Waals surface area contributed by atoms with Crippen molar-refractivity contribution in [3.05, 3.63) is 64.5 Å². The Morgan fingerprint density at radius 3 is 2.78 bits per heavy atom. The Morgan fingerprint density at radius 2 is 2.08 bits per heavy atom. The second-order valence-corrected chi connectivity index (χ2v) is 9.25. The van der Waals surface area contributed by atoms with E-state index in [1.165, 1.54) is 6.07 Å². The maximum Gasteiger partial charge on any atom is 0.417 e. The molecule has 1 fully saturated rings. The number of rotatable bonds is 5. The third kappa shape index (κ3) is 4.86. The normalized spacial score (nSPS) is 21.7. The molecular formula is C26H27F3N4O4. The highest BCUT2D eigenvalue weighted by Gasteiger charge is 2.36. The van der Waals surface area contributed by atoms with Gasteiger partial charge in [-0.25, -0.2) is 4.98 Å². The Morgan fingerprint density at radius 1 is 1.27 bits per heavy atom. The lowest BCUT2D eigenvalue weighted by atomic mass is 9.98. The highest BCUT2D eigenvalue weighted by molar-refractivity contribution is 5.99. The van der Waals surface area contributed by atoms with Crippen molar-refractivity contribution < 1.29 is 32.2 Å². The summed E-state index contributed by atoms with van der Waals surface area (Å²) in [4.78, 5) is 24.0. The maximum atomic E-state index is 14.0. The minimum Gasteiger partial charge on any atom is -0.383 e. The number of fused-ring (bicyclic) bond motifs is 3. The average Bonchev–Trinajstić information content (AvgIpc) is 3.29. The summed E-state index contributed by atoms with van der Waals surface area (Å²) in [6, 6.07) is 7.11.